The summed E-state index contributed by atoms with van der Waals surface area (Å²) in [6, 6.07) is 1.89. The number of methoxy groups -OCH3 is 1. The predicted octanol–water partition coefficient (Wildman–Crippen LogP) is 3.18. The summed E-state index contributed by atoms with van der Waals surface area (Å²) in [6.07, 6.45) is -4.50. The first-order chi connectivity index (χ1) is 6.38. The molecule has 0 unspecified atom stereocenters. The molecule has 0 saturated heterocycles. The van der Waals surface area contributed by atoms with Gasteiger partial charge in [0, 0.05) is 0 Å². The molecule has 6 heteroatoms. The molecular formula is C8H6BrF3O2. The van der Waals surface area contributed by atoms with Crippen LogP contribution in [-0.2, 0) is 6.18 Å². The maximum atomic E-state index is 12.3. The van der Waals surface area contributed by atoms with Crippen molar-refractivity contribution in [2.24, 2.45) is 0 Å². The molecule has 1 N–H and O–H groups in total. The first kappa shape index (κ1) is 11.2. The minimum atomic E-state index is -4.50. The lowest BCUT2D eigenvalue weighted by atomic mass is 10.2. The lowest BCUT2D eigenvalue weighted by Crippen LogP contribution is -2.06. The van der Waals surface area contributed by atoms with E-state index in [1.807, 2.05) is 0 Å². The summed E-state index contributed by atoms with van der Waals surface area (Å²) >= 11 is 2.66. The fraction of sp³-hybridized carbons (Fsp3) is 0.250. The summed E-state index contributed by atoms with van der Waals surface area (Å²) in [6.45, 7) is 0. The van der Waals surface area contributed by atoms with Crippen LogP contribution in [0.1, 0.15) is 5.56 Å². The highest BCUT2D eigenvalue weighted by Crippen LogP contribution is 2.43. The molecule has 0 spiro atoms. The van der Waals surface area contributed by atoms with E-state index in [1.165, 1.54) is 7.11 Å². The largest absolute Gasteiger partial charge is 0.503 e. The number of phenols is 1. The van der Waals surface area contributed by atoms with Crippen molar-refractivity contribution in [3.05, 3.63) is 22.2 Å². The van der Waals surface area contributed by atoms with Crippen molar-refractivity contribution in [3.8, 4) is 11.5 Å². The fourth-order valence-electron chi connectivity index (χ4n) is 0.930. The highest BCUT2D eigenvalue weighted by Gasteiger charge is 2.34. The molecule has 0 aromatic heterocycles. The van der Waals surface area contributed by atoms with Gasteiger partial charge in [-0.05, 0) is 28.1 Å². The van der Waals surface area contributed by atoms with Crippen LogP contribution in [0.25, 0.3) is 0 Å². The van der Waals surface area contributed by atoms with E-state index in [0.29, 0.717) is 0 Å². The summed E-state index contributed by atoms with van der Waals surface area (Å²) < 4.78 is 41.1. The number of benzene rings is 1. The van der Waals surface area contributed by atoms with Crippen molar-refractivity contribution in [1.82, 2.24) is 0 Å². The average molecular weight is 271 g/mol. The number of alkyl halides is 3. The second-order valence-electron chi connectivity index (χ2n) is 2.48. The molecule has 0 radical (unpaired) electrons. The molecule has 78 valence electrons. The van der Waals surface area contributed by atoms with Gasteiger partial charge in [-0.1, -0.05) is 0 Å². The van der Waals surface area contributed by atoms with E-state index in [2.05, 4.69) is 20.7 Å². The molecule has 1 aromatic rings. The summed E-state index contributed by atoms with van der Waals surface area (Å²) in [4.78, 5) is 0. The molecule has 0 bridgehead atoms. The standard InChI is InChI=1S/C8H6BrF3O2/c1-14-5-3-2-4(8(10,11)12)6(9)7(5)13/h2-3,13H,1H3. The van der Waals surface area contributed by atoms with E-state index in [4.69, 9.17) is 0 Å². The Kier molecular flexibility index (Phi) is 2.94. The van der Waals surface area contributed by atoms with Crippen LogP contribution in [0.4, 0.5) is 13.2 Å². The van der Waals surface area contributed by atoms with Crippen molar-refractivity contribution in [2.45, 2.75) is 6.18 Å². The number of aromatic hydroxyl groups is 1. The SMILES string of the molecule is COc1ccc(C(F)(F)F)c(Br)c1O. The topological polar surface area (TPSA) is 29.5 Å². The molecule has 2 nitrogen and oxygen atoms in total. The zero-order valence-corrected chi connectivity index (χ0v) is 8.61. The van der Waals surface area contributed by atoms with E-state index < -0.39 is 22.0 Å². The summed E-state index contributed by atoms with van der Waals surface area (Å²) in [7, 11) is 1.26. The Morgan fingerprint density at radius 2 is 1.93 bits per heavy atom. The van der Waals surface area contributed by atoms with E-state index in [9.17, 15) is 18.3 Å². The van der Waals surface area contributed by atoms with E-state index in [0.717, 1.165) is 12.1 Å². The molecule has 0 fully saturated rings. The number of phenolic OH excluding ortho intramolecular Hbond substituents is 1. The van der Waals surface area contributed by atoms with Gasteiger partial charge >= 0.3 is 6.18 Å². The molecular weight excluding hydrogens is 265 g/mol. The Balaban J connectivity index is 3.31. The van der Waals surface area contributed by atoms with Crippen LogP contribution in [0.5, 0.6) is 11.5 Å². The van der Waals surface area contributed by atoms with Gasteiger partial charge in [-0.2, -0.15) is 13.2 Å². The number of hydrogen-bond acceptors (Lipinski definition) is 2. The zero-order valence-electron chi connectivity index (χ0n) is 7.02. The Labute approximate surface area is 86.4 Å². The van der Waals surface area contributed by atoms with E-state index >= 15 is 0 Å². The van der Waals surface area contributed by atoms with Gasteiger partial charge in [0.25, 0.3) is 0 Å². The van der Waals surface area contributed by atoms with Crippen LogP contribution in [-0.4, -0.2) is 12.2 Å². The van der Waals surface area contributed by atoms with Crippen LogP contribution in [0, 0.1) is 0 Å². The lowest BCUT2D eigenvalue weighted by Gasteiger charge is -2.12. The minimum Gasteiger partial charge on any atom is -0.503 e. The van der Waals surface area contributed by atoms with Gasteiger partial charge in [0.1, 0.15) is 0 Å². The number of hydrogen-bond donors (Lipinski definition) is 1. The predicted molar refractivity (Wildman–Crippen MR) is 47.4 cm³/mol. The Bertz CT molecular complexity index is 349. The normalized spacial score (nSPS) is 11.5. The second-order valence-corrected chi connectivity index (χ2v) is 3.27. The molecule has 1 rings (SSSR count). The van der Waals surface area contributed by atoms with Crippen LogP contribution < -0.4 is 4.74 Å². The van der Waals surface area contributed by atoms with Gasteiger partial charge in [-0.25, -0.2) is 0 Å². The third kappa shape index (κ3) is 1.95. The van der Waals surface area contributed by atoms with Gasteiger partial charge < -0.3 is 9.84 Å². The molecule has 1 aromatic carbocycles. The number of halogens is 4. The van der Waals surface area contributed by atoms with Crippen LogP contribution >= 0.6 is 15.9 Å². The average Bonchev–Trinajstić information content (AvgIpc) is 2.07. The third-order valence-electron chi connectivity index (χ3n) is 1.60. The van der Waals surface area contributed by atoms with Gasteiger partial charge in [-0.15, -0.1) is 0 Å². The molecule has 14 heavy (non-hydrogen) atoms. The van der Waals surface area contributed by atoms with E-state index in [1.54, 1.807) is 0 Å². The monoisotopic (exact) mass is 270 g/mol. The highest BCUT2D eigenvalue weighted by molar-refractivity contribution is 9.10. The summed E-state index contributed by atoms with van der Waals surface area (Å²) in [5.74, 6) is -0.563. The fourth-order valence-corrected chi connectivity index (χ4v) is 1.48. The molecule has 0 aliphatic rings. The van der Waals surface area contributed by atoms with Gasteiger partial charge in [0.05, 0.1) is 17.1 Å². The summed E-state index contributed by atoms with van der Waals surface area (Å²) in [5.41, 5.74) is -0.934. The highest BCUT2D eigenvalue weighted by atomic mass is 79.9. The second kappa shape index (κ2) is 3.68. The van der Waals surface area contributed by atoms with Crippen LogP contribution in [0.2, 0.25) is 0 Å². The van der Waals surface area contributed by atoms with Crippen molar-refractivity contribution >= 4 is 15.9 Å². The van der Waals surface area contributed by atoms with Crippen LogP contribution in [0.3, 0.4) is 0 Å². The smallest absolute Gasteiger partial charge is 0.417 e. The van der Waals surface area contributed by atoms with Crippen molar-refractivity contribution in [1.29, 1.82) is 0 Å². The van der Waals surface area contributed by atoms with Crippen molar-refractivity contribution < 1.29 is 23.0 Å². The lowest BCUT2D eigenvalue weighted by molar-refractivity contribution is -0.138. The van der Waals surface area contributed by atoms with Gasteiger partial charge in [0.2, 0.25) is 0 Å². The molecule has 0 atom stereocenters. The summed E-state index contributed by atoms with van der Waals surface area (Å²) in [5, 5.41) is 9.27. The first-order valence-corrected chi connectivity index (χ1v) is 4.30. The van der Waals surface area contributed by atoms with Gasteiger partial charge in [-0.3, -0.25) is 0 Å². The number of ether oxygens (including phenoxy) is 1. The maximum absolute atomic E-state index is 12.3. The third-order valence-corrected chi connectivity index (χ3v) is 2.41. The first-order valence-electron chi connectivity index (χ1n) is 3.50. The molecule has 0 amide bonds. The minimum absolute atomic E-state index is 0.00937. The van der Waals surface area contributed by atoms with Crippen molar-refractivity contribution in [2.75, 3.05) is 7.11 Å². The molecule has 0 aliphatic carbocycles. The zero-order chi connectivity index (χ0) is 10.9. The Hall–Kier alpha value is -0.910. The van der Waals surface area contributed by atoms with E-state index in [-0.39, 0.29) is 5.75 Å². The van der Waals surface area contributed by atoms with Gasteiger partial charge in [0.15, 0.2) is 11.5 Å². The maximum Gasteiger partial charge on any atom is 0.417 e. The Morgan fingerprint density at radius 1 is 1.36 bits per heavy atom. The molecule has 0 aliphatic heterocycles. The molecule has 0 heterocycles. The Morgan fingerprint density at radius 3 is 2.36 bits per heavy atom. The van der Waals surface area contributed by atoms with Crippen molar-refractivity contribution in [3.63, 3.8) is 0 Å². The van der Waals surface area contributed by atoms with Crippen LogP contribution in [0.15, 0.2) is 16.6 Å². The number of rotatable bonds is 1. The quantitative estimate of drug-likeness (QED) is 0.850. The molecule has 0 saturated carbocycles.